The quantitative estimate of drug-likeness (QED) is 0.127. The van der Waals surface area contributed by atoms with Gasteiger partial charge in [-0.15, -0.1) is 0 Å². The van der Waals surface area contributed by atoms with Gasteiger partial charge in [0.1, 0.15) is 0 Å². The first kappa shape index (κ1) is 25.6. The van der Waals surface area contributed by atoms with E-state index in [0.29, 0.717) is 6.42 Å². The van der Waals surface area contributed by atoms with Gasteiger partial charge in [0.05, 0.1) is 30.8 Å². The number of benzene rings is 2. The highest BCUT2D eigenvalue weighted by molar-refractivity contribution is 5.94. The molecule has 0 aliphatic rings. The monoisotopic (exact) mass is 488 g/mol. The summed E-state index contributed by atoms with van der Waals surface area (Å²) < 4.78 is 26.6. The van der Waals surface area contributed by atoms with E-state index in [4.69, 9.17) is 16.8 Å². The molecule has 0 saturated carbocycles. The number of hydrazine groups is 1. The molecule has 0 saturated heterocycles. The molecule has 1 heterocycles. The maximum Gasteiger partial charge on any atom is 0.252 e. The molecule has 0 spiro atoms. The molecule has 0 aliphatic carbocycles. The molecule has 0 aliphatic heterocycles. The number of aromatic amines is 1. The van der Waals surface area contributed by atoms with Gasteiger partial charge in [-0.25, -0.2) is 20.1 Å². The van der Waals surface area contributed by atoms with Crippen molar-refractivity contribution in [3.05, 3.63) is 83.3 Å². The smallest absolute Gasteiger partial charge is 0.252 e. The summed E-state index contributed by atoms with van der Waals surface area (Å²) in [5.74, 6) is 2.40. The Kier molecular flexibility index (Phi) is 8.36. The zero-order chi connectivity index (χ0) is 25.5. The summed E-state index contributed by atoms with van der Waals surface area (Å²) in [6.07, 6.45) is 3.13. The average molecular weight is 488 g/mol. The van der Waals surface area contributed by atoms with Crippen LogP contribution in [0.1, 0.15) is 22.3 Å². The fourth-order valence-electron chi connectivity index (χ4n) is 3.58. The van der Waals surface area contributed by atoms with Crippen LogP contribution in [0.3, 0.4) is 0 Å². The molecule has 0 bridgehead atoms. The molecular weight excluding hydrogens is 462 g/mol. The number of aliphatic hydroxyl groups is 1. The normalized spacial score (nSPS) is 13.3. The molecule has 9 N–H and O–H groups in total. The molecule has 1 aromatic heterocycles. The zero-order valence-corrected chi connectivity index (χ0v) is 18.5. The van der Waals surface area contributed by atoms with E-state index >= 15 is 0 Å². The number of carbonyl (C=O) groups is 2. The number of aliphatic hydroxyl groups excluding tert-OH is 1. The highest BCUT2D eigenvalue weighted by Crippen LogP contribution is 2.21. The fraction of sp³-hybridized carbons (Fsp3) is 0.217. The van der Waals surface area contributed by atoms with Crippen molar-refractivity contribution in [3.63, 3.8) is 0 Å². The van der Waals surface area contributed by atoms with Crippen molar-refractivity contribution in [2.24, 2.45) is 11.6 Å². The van der Waals surface area contributed by atoms with Crippen LogP contribution in [0.4, 0.5) is 8.78 Å². The van der Waals surface area contributed by atoms with E-state index in [1.165, 1.54) is 6.20 Å². The highest BCUT2D eigenvalue weighted by Gasteiger charge is 2.22. The first-order valence-electron chi connectivity index (χ1n) is 10.6. The largest absolute Gasteiger partial charge is 0.399 e. The fourth-order valence-corrected chi connectivity index (χ4v) is 3.58. The number of aromatic nitrogens is 1. The van der Waals surface area contributed by atoms with E-state index in [-0.39, 0.29) is 17.7 Å². The van der Waals surface area contributed by atoms with E-state index in [1.807, 2.05) is 24.3 Å². The van der Waals surface area contributed by atoms with E-state index in [1.54, 1.807) is 11.7 Å². The molecule has 0 radical (unpaired) electrons. The lowest BCUT2D eigenvalue weighted by Crippen LogP contribution is -2.45. The SMILES string of the molecule is N/C(=C\N(N)[C@@H](CC(=O)NO)Cc1c[nH]c2ccccc12)C(CO)NC(=O)c1ccc(F)c(F)c1. The van der Waals surface area contributed by atoms with Crippen molar-refractivity contribution in [1.29, 1.82) is 0 Å². The second-order valence-corrected chi connectivity index (χ2v) is 7.87. The number of nitrogens with two attached hydrogens (primary N) is 2. The number of fused-ring (bicyclic) bond motifs is 1. The number of para-hydroxylation sites is 1. The summed E-state index contributed by atoms with van der Waals surface area (Å²) >= 11 is 0. The lowest BCUT2D eigenvalue weighted by Gasteiger charge is -2.27. The second-order valence-electron chi connectivity index (χ2n) is 7.87. The summed E-state index contributed by atoms with van der Waals surface area (Å²) in [7, 11) is 0. The maximum absolute atomic E-state index is 13.4. The van der Waals surface area contributed by atoms with E-state index < -0.39 is 42.1 Å². The number of hydroxylamine groups is 1. The molecule has 0 fully saturated rings. The summed E-state index contributed by atoms with van der Waals surface area (Å²) in [5, 5.41) is 23.2. The Hall–Kier alpha value is -4.00. The van der Waals surface area contributed by atoms with Crippen LogP contribution < -0.4 is 22.4 Å². The molecule has 2 amide bonds. The van der Waals surface area contributed by atoms with Crippen LogP contribution in [0.2, 0.25) is 0 Å². The second kappa shape index (κ2) is 11.4. The number of H-pyrrole nitrogens is 1. The van der Waals surface area contributed by atoms with Crippen molar-refractivity contribution in [3.8, 4) is 0 Å². The van der Waals surface area contributed by atoms with Gasteiger partial charge in [-0.1, -0.05) is 18.2 Å². The lowest BCUT2D eigenvalue weighted by atomic mass is 10.0. The Morgan fingerprint density at radius 3 is 2.60 bits per heavy atom. The Balaban J connectivity index is 1.78. The molecule has 12 heteroatoms. The number of amides is 2. The molecule has 1 unspecified atom stereocenters. The first-order valence-corrected chi connectivity index (χ1v) is 10.6. The number of carbonyl (C=O) groups excluding carboxylic acids is 2. The van der Waals surface area contributed by atoms with Crippen molar-refractivity contribution >= 4 is 22.7 Å². The standard InChI is InChI=1S/C23H26F2N6O4/c24-17-6-5-13(8-18(17)25)23(34)29-21(12-32)19(26)11-31(27)15(9-22(33)30-35)7-14-10-28-20-4-2-1-3-16(14)20/h1-6,8,10-11,15,21,28,32,35H,7,9,12,26-27H2,(H,29,34)(H,30,33)/b19-11-/t15-,21?/m1/s1. The molecule has 35 heavy (non-hydrogen) atoms. The first-order chi connectivity index (χ1) is 16.7. The van der Waals surface area contributed by atoms with Crippen molar-refractivity contribution in [2.45, 2.75) is 24.9 Å². The maximum atomic E-state index is 13.4. The molecular formula is C23H26F2N6O4. The van der Waals surface area contributed by atoms with Crippen LogP contribution in [0, 0.1) is 11.6 Å². The molecule has 10 nitrogen and oxygen atoms in total. The molecule has 3 aromatic rings. The van der Waals surface area contributed by atoms with Crippen LogP contribution in [0.15, 0.2) is 60.6 Å². The number of nitrogens with one attached hydrogen (secondary N) is 3. The van der Waals surface area contributed by atoms with Crippen molar-refractivity contribution < 1.29 is 28.7 Å². The van der Waals surface area contributed by atoms with E-state index in [2.05, 4.69) is 10.3 Å². The summed E-state index contributed by atoms with van der Waals surface area (Å²) in [6, 6.07) is 8.39. The zero-order valence-electron chi connectivity index (χ0n) is 18.5. The third-order valence-electron chi connectivity index (χ3n) is 5.47. The van der Waals surface area contributed by atoms with Crippen LogP contribution in [0.25, 0.3) is 10.9 Å². The third kappa shape index (κ3) is 6.32. The van der Waals surface area contributed by atoms with Gasteiger partial charge >= 0.3 is 0 Å². The lowest BCUT2D eigenvalue weighted by molar-refractivity contribution is -0.130. The Bertz CT molecular complexity index is 1230. The van der Waals surface area contributed by atoms with Gasteiger partial charge in [0.2, 0.25) is 5.91 Å². The Labute approximate surface area is 199 Å². The van der Waals surface area contributed by atoms with Gasteiger partial charge in [0, 0.05) is 28.9 Å². The summed E-state index contributed by atoms with van der Waals surface area (Å²) in [4.78, 5) is 27.4. The molecule has 186 valence electrons. The van der Waals surface area contributed by atoms with Gasteiger partial charge in [-0.2, -0.15) is 0 Å². The number of hydrogen-bond donors (Lipinski definition) is 7. The minimum Gasteiger partial charge on any atom is -0.399 e. The van der Waals surface area contributed by atoms with Crippen LogP contribution >= 0.6 is 0 Å². The van der Waals surface area contributed by atoms with E-state index in [0.717, 1.165) is 39.7 Å². The predicted molar refractivity (Wildman–Crippen MR) is 123 cm³/mol. The van der Waals surface area contributed by atoms with Crippen molar-refractivity contribution in [2.75, 3.05) is 6.61 Å². The van der Waals surface area contributed by atoms with Gasteiger partial charge < -0.3 is 26.1 Å². The molecule has 2 aromatic carbocycles. The van der Waals surface area contributed by atoms with E-state index in [9.17, 15) is 23.5 Å². The van der Waals surface area contributed by atoms with Crippen LogP contribution in [-0.2, 0) is 11.2 Å². The van der Waals surface area contributed by atoms with Gasteiger partial charge in [-0.05, 0) is 36.2 Å². The number of nitrogens with zero attached hydrogens (tertiary/aromatic N) is 1. The average Bonchev–Trinajstić information content (AvgIpc) is 3.26. The minimum atomic E-state index is -1.20. The number of rotatable bonds is 10. The summed E-state index contributed by atoms with van der Waals surface area (Å²) in [6.45, 7) is -0.615. The minimum absolute atomic E-state index is 0.0562. The van der Waals surface area contributed by atoms with Gasteiger partial charge in [0.15, 0.2) is 11.6 Å². The van der Waals surface area contributed by atoms with Crippen molar-refractivity contribution in [1.82, 2.24) is 20.8 Å². The van der Waals surface area contributed by atoms with Crippen LogP contribution in [0.5, 0.6) is 0 Å². The highest BCUT2D eigenvalue weighted by atomic mass is 19.2. The Morgan fingerprint density at radius 2 is 1.91 bits per heavy atom. The number of hydrogen-bond acceptors (Lipinski definition) is 7. The number of halogens is 2. The molecule has 2 atom stereocenters. The van der Waals surface area contributed by atoms with Gasteiger partial charge in [-0.3, -0.25) is 14.8 Å². The predicted octanol–water partition coefficient (Wildman–Crippen LogP) is 1.02. The van der Waals surface area contributed by atoms with Crippen LogP contribution in [-0.4, -0.2) is 50.8 Å². The van der Waals surface area contributed by atoms with Gasteiger partial charge in [0.25, 0.3) is 5.91 Å². The summed E-state index contributed by atoms with van der Waals surface area (Å²) in [5.41, 5.74) is 9.16. The third-order valence-corrected chi connectivity index (χ3v) is 5.47. The molecule has 3 rings (SSSR count). The topological polar surface area (TPSA) is 170 Å². The Morgan fingerprint density at radius 1 is 1.17 bits per heavy atom.